The monoisotopic (exact) mass is 301 g/mol. The molecular weight excluding hydrogens is 286 g/mol. The number of allylic oxidation sites excluding steroid dienone is 1. The van der Waals surface area contributed by atoms with Gasteiger partial charge >= 0.3 is 0 Å². The number of primary sulfonamides is 1. The fourth-order valence-electron chi connectivity index (χ4n) is 1.95. The van der Waals surface area contributed by atoms with Crippen LogP contribution in [0.1, 0.15) is 5.56 Å². The van der Waals surface area contributed by atoms with Crippen LogP contribution in [0.3, 0.4) is 0 Å². The zero-order chi connectivity index (χ0) is 15.6. The summed E-state index contributed by atoms with van der Waals surface area (Å²) in [5, 5.41) is 15.8. The highest BCUT2D eigenvalue weighted by molar-refractivity contribution is 7.93. The van der Waals surface area contributed by atoms with Gasteiger partial charge < -0.3 is 4.90 Å². The number of sulfonamides is 1. The highest BCUT2D eigenvalue weighted by Gasteiger charge is 2.11. The number of anilines is 1. The van der Waals surface area contributed by atoms with Crippen LogP contribution >= 0.6 is 0 Å². The molecule has 0 atom stereocenters. The summed E-state index contributed by atoms with van der Waals surface area (Å²) in [5.41, 5.74) is 1.69. The zero-order valence-corrected chi connectivity index (χ0v) is 12.6. The molecule has 0 aliphatic heterocycles. The van der Waals surface area contributed by atoms with Gasteiger partial charge in [-0.1, -0.05) is 18.2 Å². The molecule has 0 heterocycles. The maximum atomic E-state index is 11.2. The van der Waals surface area contributed by atoms with Gasteiger partial charge in [0.1, 0.15) is 6.07 Å². The molecule has 2 aromatic carbocycles. The Labute approximate surface area is 124 Å². The number of nitrogens with zero attached hydrogens (tertiary/aromatic N) is 2. The smallest absolute Gasteiger partial charge is 0.248 e. The molecule has 5 nitrogen and oxygen atoms in total. The van der Waals surface area contributed by atoms with E-state index in [1.165, 1.54) is 6.08 Å². The summed E-state index contributed by atoms with van der Waals surface area (Å²) in [7, 11) is -0.0673. The van der Waals surface area contributed by atoms with Crippen molar-refractivity contribution in [3.63, 3.8) is 0 Å². The minimum Gasteiger partial charge on any atom is -0.378 e. The van der Waals surface area contributed by atoms with Crippen LogP contribution in [0.5, 0.6) is 0 Å². The van der Waals surface area contributed by atoms with E-state index < -0.39 is 14.9 Å². The lowest BCUT2D eigenvalue weighted by atomic mass is 10.1. The van der Waals surface area contributed by atoms with Crippen molar-refractivity contribution in [1.29, 1.82) is 5.26 Å². The number of benzene rings is 2. The third-order valence-corrected chi connectivity index (χ3v) is 3.90. The number of hydrogen-bond donors (Lipinski definition) is 1. The standard InChI is InChI=1S/C15H15N3O2S/c1-18(2)14-6-5-12-7-11(3-4-13(12)9-14)8-15(10-16)21(17,19)20/h3-9H,1-2H3,(H2,17,19,20)/b15-8+. The lowest BCUT2D eigenvalue weighted by Gasteiger charge is -2.13. The van der Waals surface area contributed by atoms with Crippen LogP contribution in [0.15, 0.2) is 41.3 Å². The lowest BCUT2D eigenvalue weighted by Crippen LogP contribution is -2.13. The van der Waals surface area contributed by atoms with E-state index >= 15 is 0 Å². The molecule has 0 amide bonds. The third kappa shape index (κ3) is 3.40. The highest BCUT2D eigenvalue weighted by atomic mass is 32.2. The second-order valence-electron chi connectivity index (χ2n) is 4.85. The van der Waals surface area contributed by atoms with Crippen molar-refractivity contribution < 1.29 is 8.42 Å². The molecule has 6 heteroatoms. The van der Waals surface area contributed by atoms with Gasteiger partial charge in [-0.15, -0.1) is 0 Å². The largest absolute Gasteiger partial charge is 0.378 e. The Balaban J connectivity index is 2.52. The molecule has 0 aromatic heterocycles. The number of nitrogens with two attached hydrogens (primary N) is 1. The summed E-state index contributed by atoms with van der Waals surface area (Å²) in [6, 6.07) is 13.0. The molecule has 0 aliphatic rings. The summed E-state index contributed by atoms with van der Waals surface area (Å²) in [6.45, 7) is 0. The van der Waals surface area contributed by atoms with Crippen LogP contribution in [0.4, 0.5) is 5.69 Å². The van der Waals surface area contributed by atoms with Gasteiger partial charge in [0.15, 0.2) is 4.91 Å². The fraction of sp³-hybridized carbons (Fsp3) is 0.133. The predicted molar refractivity (Wildman–Crippen MR) is 85.0 cm³/mol. The molecule has 2 rings (SSSR count). The average Bonchev–Trinajstić information content (AvgIpc) is 2.42. The summed E-state index contributed by atoms with van der Waals surface area (Å²) < 4.78 is 22.5. The maximum Gasteiger partial charge on any atom is 0.248 e. The van der Waals surface area contributed by atoms with Crippen LogP contribution < -0.4 is 10.0 Å². The summed E-state index contributed by atoms with van der Waals surface area (Å²) >= 11 is 0. The van der Waals surface area contributed by atoms with Crippen LogP contribution in [0.25, 0.3) is 16.8 Å². The van der Waals surface area contributed by atoms with Crippen LogP contribution in [0, 0.1) is 11.3 Å². The van der Waals surface area contributed by atoms with E-state index in [9.17, 15) is 8.42 Å². The lowest BCUT2D eigenvalue weighted by molar-refractivity contribution is 0.605. The first-order valence-corrected chi connectivity index (χ1v) is 7.71. The molecule has 0 fully saturated rings. The van der Waals surface area contributed by atoms with Gasteiger partial charge in [-0.3, -0.25) is 0 Å². The van der Waals surface area contributed by atoms with Crippen molar-refractivity contribution in [1.82, 2.24) is 0 Å². The first kappa shape index (κ1) is 15.0. The van der Waals surface area contributed by atoms with Gasteiger partial charge in [0, 0.05) is 19.8 Å². The van der Waals surface area contributed by atoms with Crippen molar-refractivity contribution in [2.45, 2.75) is 0 Å². The van der Waals surface area contributed by atoms with E-state index in [0.29, 0.717) is 5.56 Å². The van der Waals surface area contributed by atoms with Crippen LogP contribution in [-0.2, 0) is 10.0 Å². The molecule has 0 spiro atoms. The molecule has 2 N–H and O–H groups in total. The van der Waals surface area contributed by atoms with Crippen molar-refractivity contribution in [2.24, 2.45) is 5.14 Å². The highest BCUT2D eigenvalue weighted by Crippen LogP contribution is 2.23. The molecule has 0 saturated carbocycles. The Hall–Kier alpha value is -2.36. The molecular formula is C15H15N3O2S. The molecule has 2 aromatic rings. The zero-order valence-electron chi connectivity index (χ0n) is 11.7. The van der Waals surface area contributed by atoms with Gasteiger partial charge in [0.05, 0.1) is 0 Å². The number of fused-ring (bicyclic) bond motifs is 1. The van der Waals surface area contributed by atoms with Crippen molar-refractivity contribution >= 4 is 32.6 Å². The Bertz CT molecular complexity index is 862. The molecule has 0 aliphatic carbocycles. The van der Waals surface area contributed by atoms with Gasteiger partial charge in [0.25, 0.3) is 0 Å². The topological polar surface area (TPSA) is 87.2 Å². The number of rotatable bonds is 3. The first-order chi connectivity index (χ1) is 9.81. The van der Waals surface area contributed by atoms with Gasteiger partial charge in [0.2, 0.25) is 10.0 Å². The van der Waals surface area contributed by atoms with Gasteiger partial charge in [-0.05, 0) is 40.6 Å². The number of hydrogen-bond acceptors (Lipinski definition) is 4. The van der Waals surface area contributed by atoms with Crippen molar-refractivity contribution in [2.75, 3.05) is 19.0 Å². The van der Waals surface area contributed by atoms with Crippen LogP contribution in [-0.4, -0.2) is 22.5 Å². The van der Waals surface area contributed by atoms with E-state index in [0.717, 1.165) is 16.5 Å². The van der Waals surface area contributed by atoms with Gasteiger partial charge in [-0.2, -0.15) is 5.26 Å². The molecule has 108 valence electrons. The molecule has 0 radical (unpaired) electrons. The molecule has 0 bridgehead atoms. The minimum atomic E-state index is -3.99. The summed E-state index contributed by atoms with van der Waals surface area (Å²) in [6.07, 6.45) is 1.27. The summed E-state index contributed by atoms with van der Waals surface area (Å²) in [4.78, 5) is 1.55. The Kier molecular flexibility index (Phi) is 3.98. The van der Waals surface area contributed by atoms with Crippen molar-refractivity contribution in [3.05, 3.63) is 46.9 Å². The summed E-state index contributed by atoms with van der Waals surface area (Å²) in [5.74, 6) is 0. The van der Waals surface area contributed by atoms with Crippen LogP contribution in [0.2, 0.25) is 0 Å². The molecule has 21 heavy (non-hydrogen) atoms. The Morgan fingerprint density at radius 3 is 2.38 bits per heavy atom. The van der Waals surface area contributed by atoms with E-state index in [1.54, 1.807) is 12.1 Å². The predicted octanol–water partition coefficient (Wildman–Crippen LogP) is 2.06. The average molecular weight is 301 g/mol. The quantitative estimate of drug-likeness (QED) is 0.879. The van der Waals surface area contributed by atoms with E-state index in [4.69, 9.17) is 10.4 Å². The number of nitriles is 1. The van der Waals surface area contributed by atoms with Crippen molar-refractivity contribution in [3.8, 4) is 6.07 Å². The van der Waals surface area contributed by atoms with Gasteiger partial charge in [-0.25, -0.2) is 13.6 Å². The second kappa shape index (κ2) is 5.56. The fourth-order valence-corrected chi connectivity index (χ4v) is 2.38. The second-order valence-corrected chi connectivity index (χ2v) is 6.38. The SMILES string of the molecule is CN(C)c1ccc2cc(/C=C(\C#N)S(N)(=O)=O)ccc2c1. The minimum absolute atomic E-state index is 0.452. The normalized spacial score (nSPS) is 12.2. The Morgan fingerprint density at radius 1 is 1.19 bits per heavy atom. The first-order valence-electron chi connectivity index (χ1n) is 6.17. The van der Waals surface area contributed by atoms with E-state index in [-0.39, 0.29) is 0 Å². The molecule has 0 saturated heterocycles. The maximum absolute atomic E-state index is 11.2. The third-order valence-electron chi connectivity index (χ3n) is 3.08. The van der Waals surface area contributed by atoms with E-state index in [2.05, 4.69) is 0 Å². The molecule has 0 unspecified atom stereocenters. The Morgan fingerprint density at radius 2 is 1.81 bits per heavy atom. The van der Waals surface area contributed by atoms with E-state index in [1.807, 2.05) is 49.3 Å².